The number of aliphatic hydroxyl groups is 1. The number of methoxy groups -OCH3 is 1. The number of aromatic nitrogens is 1. The fourth-order valence-electron chi connectivity index (χ4n) is 1.66. The molecule has 18 heavy (non-hydrogen) atoms. The Labute approximate surface area is 115 Å². The number of aliphatic hydroxyl groups excluding tert-OH is 1. The first-order valence-electron chi connectivity index (χ1n) is 5.57. The minimum atomic E-state index is -0.574. The second-order valence-corrected chi connectivity index (χ2v) is 5.49. The summed E-state index contributed by atoms with van der Waals surface area (Å²) < 4.78 is 6.41. The molecule has 6 heteroatoms. The molecule has 0 fully saturated rings. The van der Waals surface area contributed by atoms with Gasteiger partial charge in [-0.05, 0) is 13.0 Å². The van der Waals surface area contributed by atoms with Crippen LogP contribution in [0.2, 0.25) is 0 Å². The third-order valence-corrected chi connectivity index (χ3v) is 3.81. The van der Waals surface area contributed by atoms with E-state index in [1.165, 1.54) is 0 Å². The van der Waals surface area contributed by atoms with Crippen molar-refractivity contribution in [2.24, 2.45) is 0 Å². The van der Waals surface area contributed by atoms with E-state index in [9.17, 15) is 5.11 Å². The van der Waals surface area contributed by atoms with Gasteiger partial charge in [-0.2, -0.15) is 0 Å². The van der Waals surface area contributed by atoms with E-state index in [0.717, 1.165) is 26.7 Å². The fraction of sp³-hybridized carbons (Fsp3) is 0.417. The number of alkyl halides is 1. The lowest BCUT2D eigenvalue weighted by atomic mass is 10.2. The van der Waals surface area contributed by atoms with Gasteiger partial charge in [0.2, 0.25) is 0 Å². The monoisotopic (exact) mass is 286 g/mol. The van der Waals surface area contributed by atoms with Crippen LogP contribution in [0.25, 0.3) is 10.2 Å². The Balaban J connectivity index is 2.29. The highest BCUT2D eigenvalue weighted by Crippen LogP contribution is 2.32. The summed E-state index contributed by atoms with van der Waals surface area (Å²) in [6.45, 7) is 2.37. The molecule has 0 saturated carbocycles. The molecule has 1 atom stereocenters. The molecular weight excluding hydrogens is 272 g/mol. The summed E-state index contributed by atoms with van der Waals surface area (Å²) in [5.41, 5.74) is 1.77. The van der Waals surface area contributed by atoms with E-state index in [0.29, 0.717) is 6.54 Å². The van der Waals surface area contributed by atoms with Crippen LogP contribution < -0.4 is 10.1 Å². The second-order valence-electron chi connectivity index (χ2n) is 3.94. The van der Waals surface area contributed by atoms with Crippen LogP contribution >= 0.6 is 22.9 Å². The molecule has 0 saturated heterocycles. The number of ether oxygens (including phenoxy) is 1. The summed E-state index contributed by atoms with van der Waals surface area (Å²) in [6.07, 6.45) is -0.574. The summed E-state index contributed by atoms with van der Waals surface area (Å²) in [6, 6.07) is 3.88. The molecular formula is C12H15ClN2O2S. The summed E-state index contributed by atoms with van der Waals surface area (Å²) >= 11 is 7.19. The van der Waals surface area contributed by atoms with Crippen LogP contribution in [0.3, 0.4) is 0 Å². The minimum Gasteiger partial charge on any atom is -0.495 e. The van der Waals surface area contributed by atoms with E-state index >= 15 is 0 Å². The van der Waals surface area contributed by atoms with Crippen LogP contribution in [0, 0.1) is 6.92 Å². The van der Waals surface area contributed by atoms with E-state index in [1.54, 1.807) is 18.4 Å². The molecule has 0 amide bonds. The Kier molecular flexibility index (Phi) is 4.27. The lowest BCUT2D eigenvalue weighted by Gasteiger charge is -2.13. The Morgan fingerprint density at radius 3 is 3.00 bits per heavy atom. The fourth-order valence-corrected chi connectivity index (χ4v) is 2.62. The van der Waals surface area contributed by atoms with Gasteiger partial charge >= 0.3 is 0 Å². The van der Waals surface area contributed by atoms with Crippen molar-refractivity contribution in [2.45, 2.75) is 13.0 Å². The molecule has 0 aliphatic carbocycles. The first-order valence-corrected chi connectivity index (χ1v) is 6.92. The van der Waals surface area contributed by atoms with Crippen LogP contribution in [-0.2, 0) is 0 Å². The average molecular weight is 287 g/mol. The number of hydrogen-bond acceptors (Lipinski definition) is 5. The average Bonchev–Trinajstić information content (AvgIpc) is 2.73. The Morgan fingerprint density at radius 2 is 2.33 bits per heavy atom. The van der Waals surface area contributed by atoms with E-state index in [4.69, 9.17) is 16.3 Å². The number of nitrogens with one attached hydrogen (secondary N) is 1. The van der Waals surface area contributed by atoms with E-state index < -0.39 is 6.10 Å². The molecule has 0 bridgehead atoms. The lowest BCUT2D eigenvalue weighted by Crippen LogP contribution is -2.20. The maximum Gasteiger partial charge on any atom is 0.144 e. The molecule has 0 radical (unpaired) electrons. The molecule has 2 aromatic rings. The van der Waals surface area contributed by atoms with E-state index in [-0.39, 0.29) is 5.88 Å². The molecule has 0 aliphatic heterocycles. The molecule has 4 nitrogen and oxygen atoms in total. The van der Waals surface area contributed by atoms with Gasteiger partial charge in [0.05, 0.1) is 40.0 Å². The Morgan fingerprint density at radius 1 is 1.56 bits per heavy atom. The largest absolute Gasteiger partial charge is 0.495 e. The molecule has 1 heterocycles. The Bertz CT molecular complexity index is 544. The summed E-state index contributed by atoms with van der Waals surface area (Å²) in [5, 5.41) is 13.6. The van der Waals surface area contributed by atoms with Crippen molar-refractivity contribution < 1.29 is 9.84 Å². The first-order chi connectivity index (χ1) is 8.63. The summed E-state index contributed by atoms with van der Waals surface area (Å²) in [5.74, 6) is 0.923. The number of aryl methyl sites for hydroxylation is 1. The number of rotatable bonds is 5. The van der Waals surface area contributed by atoms with Crippen molar-refractivity contribution in [3.63, 3.8) is 0 Å². The van der Waals surface area contributed by atoms with Crippen LogP contribution in [0.4, 0.5) is 5.69 Å². The van der Waals surface area contributed by atoms with E-state index in [1.807, 2.05) is 19.1 Å². The smallest absolute Gasteiger partial charge is 0.144 e. The van der Waals surface area contributed by atoms with Gasteiger partial charge in [0.15, 0.2) is 0 Å². The zero-order chi connectivity index (χ0) is 13.1. The number of hydrogen-bond donors (Lipinski definition) is 2. The third-order valence-electron chi connectivity index (χ3n) is 2.52. The SMILES string of the molecule is COc1cc2nc(C)sc2cc1NCC(O)CCl. The van der Waals surface area contributed by atoms with Gasteiger partial charge in [0.1, 0.15) is 5.75 Å². The summed E-state index contributed by atoms with van der Waals surface area (Å²) in [4.78, 5) is 4.41. The van der Waals surface area contributed by atoms with Gasteiger partial charge in [-0.15, -0.1) is 22.9 Å². The van der Waals surface area contributed by atoms with Gasteiger partial charge in [-0.3, -0.25) is 0 Å². The molecule has 2 N–H and O–H groups in total. The standard InChI is InChI=1S/C12H15ClN2O2S/c1-7-15-10-3-11(17-2)9(4-12(10)18-7)14-6-8(16)5-13/h3-4,8,14,16H,5-6H2,1-2H3. The molecule has 2 rings (SSSR count). The summed E-state index contributed by atoms with van der Waals surface area (Å²) in [7, 11) is 1.61. The normalized spacial score (nSPS) is 12.7. The maximum absolute atomic E-state index is 9.46. The molecule has 0 spiro atoms. The lowest BCUT2D eigenvalue weighted by molar-refractivity contribution is 0.211. The van der Waals surface area contributed by atoms with Crippen molar-refractivity contribution >= 4 is 38.8 Å². The predicted octanol–water partition coefficient (Wildman–Crippen LogP) is 2.62. The highest BCUT2D eigenvalue weighted by atomic mass is 35.5. The Hall–Kier alpha value is -1.04. The highest BCUT2D eigenvalue weighted by Gasteiger charge is 2.10. The van der Waals surface area contributed by atoms with Gasteiger partial charge in [0.25, 0.3) is 0 Å². The third kappa shape index (κ3) is 2.85. The van der Waals surface area contributed by atoms with Crippen molar-refractivity contribution in [1.82, 2.24) is 4.98 Å². The molecule has 1 aromatic heterocycles. The van der Waals surface area contributed by atoms with Crippen molar-refractivity contribution in [1.29, 1.82) is 0 Å². The van der Waals surface area contributed by atoms with Gasteiger partial charge in [0, 0.05) is 12.6 Å². The molecule has 1 aromatic carbocycles. The van der Waals surface area contributed by atoms with Crippen LogP contribution in [0.5, 0.6) is 5.75 Å². The number of nitrogens with zero attached hydrogens (tertiary/aromatic N) is 1. The number of halogens is 1. The zero-order valence-electron chi connectivity index (χ0n) is 10.2. The number of anilines is 1. The van der Waals surface area contributed by atoms with Crippen LogP contribution in [0.15, 0.2) is 12.1 Å². The number of benzene rings is 1. The van der Waals surface area contributed by atoms with Gasteiger partial charge in [-0.1, -0.05) is 0 Å². The maximum atomic E-state index is 9.46. The molecule has 0 aliphatic rings. The first kappa shape index (κ1) is 13.4. The minimum absolute atomic E-state index is 0.206. The van der Waals surface area contributed by atoms with Crippen LogP contribution in [0.1, 0.15) is 5.01 Å². The molecule has 1 unspecified atom stereocenters. The number of fused-ring (bicyclic) bond motifs is 1. The van der Waals surface area contributed by atoms with Crippen molar-refractivity contribution in [3.8, 4) is 5.75 Å². The predicted molar refractivity (Wildman–Crippen MR) is 76.1 cm³/mol. The number of thiazole rings is 1. The van der Waals surface area contributed by atoms with Crippen molar-refractivity contribution in [3.05, 3.63) is 17.1 Å². The molecule has 98 valence electrons. The van der Waals surface area contributed by atoms with Gasteiger partial charge < -0.3 is 15.2 Å². The van der Waals surface area contributed by atoms with Gasteiger partial charge in [-0.25, -0.2) is 4.98 Å². The van der Waals surface area contributed by atoms with Crippen LogP contribution in [-0.4, -0.2) is 35.7 Å². The zero-order valence-corrected chi connectivity index (χ0v) is 11.8. The van der Waals surface area contributed by atoms with E-state index in [2.05, 4.69) is 10.3 Å². The topological polar surface area (TPSA) is 54.4 Å². The quantitative estimate of drug-likeness (QED) is 0.830. The second kappa shape index (κ2) is 5.73. The highest BCUT2D eigenvalue weighted by molar-refractivity contribution is 7.18. The van der Waals surface area contributed by atoms with Crippen molar-refractivity contribution in [2.75, 3.05) is 24.9 Å².